The number of fused-ring (bicyclic) bond motifs is 1. The first kappa shape index (κ1) is 27.5. The van der Waals surface area contributed by atoms with Crippen LogP contribution in [0.3, 0.4) is 0 Å². The average molecular weight is 579 g/mol. The number of rotatable bonds is 9. The Hall–Kier alpha value is -5.04. The van der Waals surface area contributed by atoms with Crippen molar-refractivity contribution in [3.63, 3.8) is 0 Å². The number of benzene rings is 3. The quantitative estimate of drug-likeness (QED) is 0.227. The Morgan fingerprint density at radius 2 is 1.68 bits per heavy atom. The number of alkyl halides is 2. The van der Waals surface area contributed by atoms with Crippen molar-refractivity contribution in [3.05, 3.63) is 101 Å². The molecule has 0 aliphatic heterocycles. The van der Waals surface area contributed by atoms with Crippen molar-refractivity contribution >= 4 is 33.0 Å². The van der Waals surface area contributed by atoms with Gasteiger partial charge in [0.05, 0.1) is 31.0 Å². The molecular weight excluding hydrogens is 556 g/mol. The molecule has 0 aliphatic rings. The summed E-state index contributed by atoms with van der Waals surface area (Å²) in [6.45, 7) is 0. The lowest BCUT2D eigenvalue weighted by Crippen LogP contribution is -2.13. The molecule has 0 saturated heterocycles. The number of carbonyl (C=O) groups excluding carboxylic acids is 1. The van der Waals surface area contributed by atoms with Crippen LogP contribution in [0.5, 0.6) is 11.5 Å². The molecule has 0 spiro atoms. The van der Waals surface area contributed by atoms with E-state index in [2.05, 4.69) is 20.1 Å². The van der Waals surface area contributed by atoms with E-state index >= 15 is 0 Å². The van der Waals surface area contributed by atoms with E-state index in [0.29, 0.717) is 17.1 Å². The molecule has 0 unspecified atom stereocenters. The van der Waals surface area contributed by atoms with Gasteiger partial charge in [0, 0.05) is 11.3 Å². The Morgan fingerprint density at radius 1 is 0.976 bits per heavy atom. The molecule has 10 nitrogen and oxygen atoms in total. The molecule has 1 N–H and O–H groups in total. The standard InChI is InChI=1S/C28H22F2N5O5S/c1-39-19-11-7-17(8-12-19)23-15-24(26(29)30)35-27(33-23)21(16-31-35)28(36)32-18-9-13-20(14-10-18)41(37,38)34-22-5-3-4-6-25(22)40-2/h3-16,26H,1-2H3,(H,32,36)/q-1. The summed E-state index contributed by atoms with van der Waals surface area (Å²) in [7, 11) is -1.16. The first-order valence-corrected chi connectivity index (χ1v) is 13.5. The Bertz CT molecular complexity index is 1830. The van der Waals surface area contributed by atoms with Gasteiger partial charge in [0.1, 0.15) is 32.8 Å². The lowest BCUT2D eigenvalue weighted by molar-refractivity contribution is 0.102. The molecule has 210 valence electrons. The third-order valence-electron chi connectivity index (χ3n) is 6.07. The lowest BCUT2D eigenvalue weighted by Gasteiger charge is -2.24. The SMILES string of the molecule is COc1ccc(-c2cc(C(F)F)n3ncc(C(=O)Nc4ccc(S(=O)(=O)[N-]c5ccccc5OC)cc4)c3n2)cc1. The minimum atomic E-state index is -4.08. The van der Waals surface area contributed by atoms with Crippen molar-refractivity contribution in [3.8, 4) is 22.8 Å². The molecule has 0 atom stereocenters. The third-order valence-corrected chi connectivity index (χ3v) is 7.37. The molecule has 0 radical (unpaired) electrons. The van der Waals surface area contributed by atoms with E-state index in [4.69, 9.17) is 9.47 Å². The number of hydrogen-bond acceptors (Lipinski definition) is 7. The molecule has 0 fully saturated rings. The molecule has 1 amide bonds. The van der Waals surface area contributed by atoms with Crippen LogP contribution in [0.2, 0.25) is 0 Å². The number of para-hydroxylation sites is 1. The van der Waals surface area contributed by atoms with Crippen LogP contribution in [0, 0.1) is 0 Å². The van der Waals surface area contributed by atoms with Crippen LogP contribution in [0.15, 0.2) is 90.0 Å². The fourth-order valence-corrected chi connectivity index (χ4v) is 5.00. The predicted molar refractivity (Wildman–Crippen MR) is 148 cm³/mol. The molecule has 0 saturated carbocycles. The van der Waals surface area contributed by atoms with Crippen LogP contribution >= 0.6 is 0 Å². The minimum absolute atomic E-state index is 0.0508. The van der Waals surface area contributed by atoms with Gasteiger partial charge in [-0.2, -0.15) is 5.10 Å². The summed E-state index contributed by atoms with van der Waals surface area (Å²) in [5.41, 5.74) is 0.604. The zero-order chi connectivity index (χ0) is 29.1. The minimum Gasteiger partial charge on any atom is -0.570 e. The van der Waals surface area contributed by atoms with Crippen molar-refractivity contribution < 1.29 is 31.5 Å². The van der Waals surface area contributed by atoms with Crippen molar-refractivity contribution in [1.82, 2.24) is 14.6 Å². The van der Waals surface area contributed by atoms with Crippen LogP contribution < -0.4 is 14.8 Å². The molecule has 41 heavy (non-hydrogen) atoms. The van der Waals surface area contributed by atoms with Gasteiger partial charge in [-0.15, -0.1) is 0 Å². The molecule has 3 aromatic carbocycles. The third kappa shape index (κ3) is 5.65. The first-order chi connectivity index (χ1) is 19.7. The largest absolute Gasteiger partial charge is 0.570 e. The highest BCUT2D eigenvalue weighted by Crippen LogP contribution is 2.36. The Labute approximate surface area is 233 Å². The Balaban J connectivity index is 1.41. The number of aromatic nitrogens is 3. The van der Waals surface area contributed by atoms with Gasteiger partial charge in [-0.1, -0.05) is 23.9 Å². The number of carbonyl (C=O) groups is 1. The number of nitrogens with one attached hydrogen (secondary N) is 1. The summed E-state index contributed by atoms with van der Waals surface area (Å²) >= 11 is 0. The fourth-order valence-electron chi connectivity index (χ4n) is 4.01. The normalized spacial score (nSPS) is 11.4. The smallest absolute Gasteiger partial charge is 0.280 e. The molecule has 2 aromatic heterocycles. The van der Waals surface area contributed by atoms with Gasteiger partial charge in [-0.05, 0) is 60.7 Å². The monoisotopic (exact) mass is 578 g/mol. The van der Waals surface area contributed by atoms with Gasteiger partial charge >= 0.3 is 0 Å². The topological polar surface area (TPSA) is 126 Å². The van der Waals surface area contributed by atoms with Crippen LogP contribution in [0.25, 0.3) is 21.6 Å². The molecule has 13 heteroatoms. The highest BCUT2D eigenvalue weighted by molar-refractivity contribution is 7.94. The summed E-state index contributed by atoms with van der Waals surface area (Å²) in [5.74, 6) is 0.210. The molecule has 2 heterocycles. The van der Waals surface area contributed by atoms with Crippen molar-refractivity contribution in [2.75, 3.05) is 19.5 Å². The van der Waals surface area contributed by atoms with Crippen LogP contribution in [0.4, 0.5) is 20.2 Å². The van der Waals surface area contributed by atoms with Gasteiger partial charge in [0.25, 0.3) is 12.3 Å². The maximum atomic E-state index is 13.9. The van der Waals surface area contributed by atoms with Crippen molar-refractivity contribution in [1.29, 1.82) is 0 Å². The van der Waals surface area contributed by atoms with Gasteiger partial charge < -0.3 is 19.5 Å². The average Bonchev–Trinajstić information content (AvgIpc) is 3.41. The van der Waals surface area contributed by atoms with Crippen LogP contribution in [-0.4, -0.2) is 43.1 Å². The first-order valence-electron chi connectivity index (χ1n) is 12.0. The predicted octanol–water partition coefficient (Wildman–Crippen LogP) is 6.00. The highest BCUT2D eigenvalue weighted by atomic mass is 32.2. The highest BCUT2D eigenvalue weighted by Gasteiger charge is 2.22. The Kier molecular flexibility index (Phi) is 7.53. The van der Waals surface area contributed by atoms with E-state index in [-0.39, 0.29) is 33.2 Å². The summed E-state index contributed by atoms with van der Waals surface area (Å²) in [4.78, 5) is 17.5. The summed E-state index contributed by atoms with van der Waals surface area (Å²) < 4.78 is 68.5. The summed E-state index contributed by atoms with van der Waals surface area (Å²) in [6, 6.07) is 19.6. The lowest BCUT2D eigenvalue weighted by atomic mass is 10.1. The van der Waals surface area contributed by atoms with E-state index in [1.807, 2.05) is 0 Å². The zero-order valence-corrected chi connectivity index (χ0v) is 22.5. The number of hydrogen-bond donors (Lipinski definition) is 1. The summed E-state index contributed by atoms with van der Waals surface area (Å²) in [6.07, 6.45) is -1.74. The molecular formula is C28H22F2N5O5S-. The van der Waals surface area contributed by atoms with E-state index in [9.17, 15) is 22.0 Å². The second-order valence-corrected chi connectivity index (χ2v) is 10.2. The molecule has 5 rings (SSSR count). The number of anilines is 1. The number of nitrogens with zero attached hydrogens (tertiary/aromatic N) is 4. The maximum Gasteiger partial charge on any atom is 0.280 e. The molecule has 0 bridgehead atoms. The second kappa shape index (κ2) is 11.2. The van der Waals surface area contributed by atoms with Gasteiger partial charge in [-0.25, -0.2) is 26.7 Å². The second-order valence-electron chi connectivity index (χ2n) is 8.61. The number of amides is 1. The number of ether oxygens (including phenoxy) is 2. The van der Waals surface area contributed by atoms with Crippen LogP contribution in [-0.2, 0) is 10.0 Å². The van der Waals surface area contributed by atoms with E-state index in [0.717, 1.165) is 10.7 Å². The number of sulfonamides is 1. The van der Waals surface area contributed by atoms with Crippen molar-refractivity contribution in [2.45, 2.75) is 11.3 Å². The zero-order valence-electron chi connectivity index (χ0n) is 21.7. The Morgan fingerprint density at radius 3 is 2.34 bits per heavy atom. The van der Waals surface area contributed by atoms with Gasteiger partial charge in [-0.3, -0.25) is 4.79 Å². The van der Waals surface area contributed by atoms with E-state index in [1.165, 1.54) is 50.6 Å². The van der Waals surface area contributed by atoms with Crippen LogP contribution in [0.1, 0.15) is 22.5 Å². The van der Waals surface area contributed by atoms with E-state index < -0.39 is 28.0 Å². The molecule has 0 aliphatic carbocycles. The number of halogens is 2. The molecule has 5 aromatic rings. The number of methoxy groups -OCH3 is 2. The van der Waals surface area contributed by atoms with Gasteiger partial charge in [0.15, 0.2) is 5.65 Å². The maximum absolute atomic E-state index is 13.9. The van der Waals surface area contributed by atoms with E-state index in [1.54, 1.807) is 42.5 Å². The fraction of sp³-hybridized carbons (Fsp3) is 0.107. The summed E-state index contributed by atoms with van der Waals surface area (Å²) in [5, 5.41) is 6.58. The van der Waals surface area contributed by atoms with Gasteiger partial charge in [0.2, 0.25) is 0 Å². The van der Waals surface area contributed by atoms with Crippen molar-refractivity contribution in [2.24, 2.45) is 0 Å².